The van der Waals surface area contributed by atoms with E-state index in [0.717, 1.165) is 55.3 Å². The van der Waals surface area contributed by atoms with Gasteiger partial charge in [0.15, 0.2) is 5.96 Å². The van der Waals surface area contributed by atoms with Crippen LogP contribution in [0.1, 0.15) is 24.0 Å². The molecule has 1 fully saturated rings. The van der Waals surface area contributed by atoms with E-state index < -0.39 is 0 Å². The summed E-state index contributed by atoms with van der Waals surface area (Å²) in [6.07, 6.45) is 4.69. The topological polar surface area (TPSA) is 72.1 Å². The van der Waals surface area contributed by atoms with Crippen molar-refractivity contribution in [3.05, 3.63) is 47.5 Å². The summed E-state index contributed by atoms with van der Waals surface area (Å²) in [6.45, 7) is 2.67. The molecule has 29 heavy (non-hydrogen) atoms. The maximum absolute atomic E-state index is 6.14. The highest BCUT2D eigenvalue weighted by Crippen LogP contribution is 2.31. The van der Waals surface area contributed by atoms with Gasteiger partial charge in [0.1, 0.15) is 11.5 Å². The highest BCUT2D eigenvalue weighted by Gasteiger charge is 2.23. The molecule has 2 aliphatic rings. The van der Waals surface area contributed by atoms with Crippen LogP contribution >= 0.6 is 0 Å². The lowest BCUT2D eigenvalue weighted by Crippen LogP contribution is -2.25. The number of aryl methyl sites for hydroxylation is 2. The van der Waals surface area contributed by atoms with Crippen LogP contribution in [0.3, 0.4) is 0 Å². The zero-order valence-corrected chi connectivity index (χ0v) is 17.3. The van der Waals surface area contributed by atoms with Crippen LogP contribution in [0.4, 0.5) is 11.4 Å². The fraction of sp³-hybridized carbons (Fsp3) is 0.435. The Morgan fingerprint density at radius 2 is 1.86 bits per heavy atom. The fourth-order valence-corrected chi connectivity index (χ4v) is 4.26. The van der Waals surface area contributed by atoms with Crippen molar-refractivity contribution in [1.29, 1.82) is 0 Å². The molecular formula is C23H30N4O2. The molecule has 154 valence electrons. The minimum atomic E-state index is 0.479. The van der Waals surface area contributed by atoms with E-state index in [-0.39, 0.29) is 0 Å². The van der Waals surface area contributed by atoms with Crippen LogP contribution in [0.2, 0.25) is 0 Å². The van der Waals surface area contributed by atoms with E-state index in [1.165, 1.54) is 24.0 Å². The number of aliphatic imine (C=N–C) groups is 1. The SMILES string of the molecule is COc1cc(OC)cc(N2CCC(CN=C(N)Nc3ccc4c(c3)CCC4)C2)c1. The third kappa shape index (κ3) is 4.58. The maximum atomic E-state index is 6.14. The van der Waals surface area contributed by atoms with Crippen LogP contribution in [0.15, 0.2) is 41.4 Å². The predicted molar refractivity (Wildman–Crippen MR) is 118 cm³/mol. The highest BCUT2D eigenvalue weighted by atomic mass is 16.5. The Morgan fingerprint density at radius 1 is 1.10 bits per heavy atom. The van der Waals surface area contributed by atoms with Gasteiger partial charge in [-0.15, -0.1) is 0 Å². The van der Waals surface area contributed by atoms with Gasteiger partial charge in [-0.25, -0.2) is 0 Å². The molecule has 1 aliphatic heterocycles. The second-order valence-electron chi connectivity index (χ2n) is 7.86. The average molecular weight is 395 g/mol. The molecule has 4 rings (SSSR count). The first-order valence-electron chi connectivity index (χ1n) is 10.3. The number of guanidine groups is 1. The second-order valence-corrected chi connectivity index (χ2v) is 7.86. The summed E-state index contributed by atoms with van der Waals surface area (Å²) in [7, 11) is 3.35. The van der Waals surface area contributed by atoms with Crippen LogP contribution in [0.25, 0.3) is 0 Å². The summed E-state index contributed by atoms with van der Waals surface area (Å²) in [4.78, 5) is 6.95. The number of nitrogens with zero attached hydrogens (tertiary/aromatic N) is 2. The molecule has 0 spiro atoms. The van der Waals surface area contributed by atoms with Gasteiger partial charge in [0.25, 0.3) is 0 Å². The molecule has 3 N–H and O–H groups in total. The third-order valence-electron chi connectivity index (χ3n) is 5.88. The number of ether oxygens (including phenoxy) is 2. The monoisotopic (exact) mass is 394 g/mol. The summed E-state index contributed by atoms with van der Waals surface area (Å²) in [5.41, 5.74) is 11.2. The summed E-state index contributed by atoms with van der Waals surface area (Å²) in [5.74, 6) is 2.59. The van der Waals surface area contributed by atoms with Gasteiger partial charge in [-0.1, -0.05) is 6.07 Å². The second kappa shape index (κ2) is 8.64. The predicted octanol–water partition coefficient (Wildman–Crippen LogP) is 3.45. The van der Waals surface area contributed by atoms with Crippen LogP contribution in [-0.2, 0) is 12.8 Å². The number of fused-ring (bicyclic) bond motifs is 1. The van der Waals surface area contributed by atoms with Crippen LogP contribution in [0.5, 0.6) is 11.5 Å². The molecule has 6 heteroatoms. The summed E-state index contributed by atoms with van der Waals surface area (Å²) in [6, 6.07) is 12.5. The molecule has 0 saturated carbocycles. The number of anilines is 2. The third-order valence-corrected chi connectivity index (χ3v) is 5.88. The highest BCUT2D eigenvalue weighted by molar-refractivity contribution is 5.92. The van der Waals surface area contributed by atoms with E-state index in [4.69, 9.17) is 15.2 Å². The molecule has 1 heterocycles. The number of nitrogens with one attached hydrogen (secondary N) is 1. The van der Waals surface area contributed by atoms with Gasteiger partial charge in [0, 0.05) is 49.2 Å². The van der Waals surface area contributed by atoms with Gasteiger partial charge >= 0.3 is 0 Å². The largest absolute Gasteiger partial charge is 0.497 e. The van der Waals surface area contributed by atoms with Gasteiger partial charge in [0.2, 0.25) is 0 Å². The van der Waals surface area contributed by atoms with E-state index in [9.17, 15) is 0 Å². The first-order chi connectivity index (χ1) is 14.1. The first kappa shape index (κ1) is 19.4. The van der Waals surface area contributed by atoms with Crippen molar-refractivity contribution in [3.63, 3.8) is 0 Å². The standard InChI is InChI=1S/C23H30N4O2/c1-28-21-11-20(12-22(13-21)29-2)27-9-8-16(15-27)14-25-23(24)26-19-7-6-17-4-3-5-18(17)10-19/h6-7,10-13,16H,3-5,8-9,14-15H2,1-2H3,(H3,24,25,26). The van der Waals surface area contributed by atoms with E-state index in [2.05, 4.69) is 45.5 Å². The minimum Gasteiger partial charge on any atom is -0.497 e. The quantitative estimate of drug-likeness (QED) is 0.580. The minimum absolute atomic E-state index is 0.479. The van der Waals surface area contributed by atoms with Crippen molar-refractivity contribution in [2.75, 3.05) is 44.1 Å². The lowest BCUT2D eigenvalue weighted by molar-refractivity contribution is 0.394. The van der Waals surface area contributed by atoms with Gasteiger partial charge in [-0.3, -0.25) is 4.99 Å². The van der Waals surface area contributed by atoms with Crippen molar-refractivity contribution in [2.24, 2.45) is 16.6 Å². The molecule has 6 nitrogen and oxygen atoms in total. The molecule has 0 aromatic heterocycles. The number of hydrogen-bond donors (Lipinski definition) is 2. The molecule has 0 bridgehead atoms. The number of nitrogens with two attached hydrogens (primary N) is 1. The van der Waals surface area contributed by atoms with Gasteiger partial charge < -0.3 is 25.4 Å². The van der Waals surface area contributed by atoms with Crippen molar-refractivity contribution in [3.8, 4) is 11.5 Å². The molecule has 1 atom stereocenters. The number of benzene rings is 2. The molecular weight excluding hydrogens is 364 g/mol. The zero-order valence-electron chi connectivity index (χ0n) is 17.3. The van der Waals surface area contributed by atoms with Gasteiger partial charge in [-0.05, 0) is 54.9 Å². The number of methoxy groups -OCH3 is 2. The number of rotatable bonds is 6. The Bertz CT molecular complexity index is 874. The van der Waals surface area contributed by atoms with Crippen molar-refractivity contribution >= 4 is 17.3 Å². The molecule has 2 aromatic rings. The fourth-order valence-electron chi connectivity index (χ4n) is 4.26. The van der Waals surface area contributed by atoms with E-state index in [0.29, 0.717) is 11.9 Å². The van der Waals surface area contributed by atoms with Crippen molar-refractivity contribution in [1.82, 2.24) is 0 Å². The molecule has 0 radical (unpaired) electrons. The van der Waals surface area contributed by atoms with Crippen molar-refractivity contribution < 1.29 is 9.47 Å². The Labute approximate surface area is 172 Å². The van der Waals surface area contributed by atoms with E-state index >= 15 is 0 Å². The molecule has 1 unspecified atom stereocenters. The lowest BCUT2D eigenvalue weighted by atomic mass is 10.1. The summed E-state index contributed by atoms with van der Waals surface area (Å²) >= 11 is 0. The van der Waals surface area contributed by atoms with Crippen LogP contribution in [0, 0.1) is 5.92 Å². The Kier molecular flexibility index (Phi) is 5.79. The van der Waals surface area contributed by atoms with E-state index in [1.54, 1.807) is 14.2 Å². The zero-order chi connectivity index (χ0) is 20.2. The number of hydrogen-bond acceptors (Lipinski definition) is 4. The molecule has 2 aromatic carbocycles. The van der Waals surface area contributed by atoms with Crippen LogP contribution in [-0.4, -0.2) is 39.8 Å². The molecule has 1 aliphatic carbocycles. The normalized spacial score (nSPS) is 18.6. The Morgan fingerprint density at radius 3 is 2.62 bits per heavy atom. The Hall–Kier alpha value is -2.89. The van der Waals surface area contributed by atoms with Crippen molar-refractivity contribution in [2.45, 2.75) is 25.7 Å². The summed E-state index contributed by atoms with van der Waals surface area (Å²) in [5, 5.41) is 3.25. The smallest absolute Gasteiger partial charge is 0.193 e. The molecule has 0 amide bonds. The lowest BCUT2D eigenvalue weighted by Gasteiger charge is -2.20. The maximum Gasteiger partial charge on any atom is 0.193 e. The van der Waals surface area contributed by atoms with Crippen LogP contribution < -0.4 is 25.4 Å². The first-order valence-corrected chi connectivity index (χ1v) is 10.3. The van der Waals surface area contributed by atoms with E-state index in [1.807, 2.05) is 6.07 Å². The summed E-state index contributed by atoms with van der Waals surface area (Å²) < 4.78 is 10.8. The van der Waals surface area contributed by atoms with Gasteiger partial charge in [-0.2, -0.15) is 0 Å². The molecule has 1 saturated heterocycles. The Balaban J connectivity index is 1.34. The average Bonchev–Trinajstić information content (AvgIpc) is 3.41. The van der Waals surface area contributed by atoms with Gasteiger partial charge in [0.05, 0.1) is 14.2 Å².